The monoisotopic (exact) mass is 896 g/mol. The van der Waals surface area contributed by atoms with Gasteiger partial charge in [0.2, 0.25) is 0 Å². The predicted molar refractivity (Wildman–Crippen MR) is 215 cm³/mol. The van der Waals surface area contributed by atoms with Crippen molar-refractivity contribution in [2.24, 2.45) is 0 Å². The van der Waals surface area contributed by atoms with E-state index in [-0.39, 0.29) is 36.6 Å². The van der Waals surface area contributed by atoms with E-state index in [2.05, 4.69) is 113 Å². The first kappa shape index (κ1) is 34.8. The molecule has 54 heavy (non-hydrogen) atoms. The van der Waals surface area contributed by atoms with Crippen LogP contribution in [-0.4, -0.2) is 19.5 Å². The molecule has 0 aliphatic carbocycles. The molecule has 0 amide bonds. The van der Waals surface area contributed by atoms with Gasteiger partial charge in [0.15, 0.2) is 5.65 Å². The normalized spacial score (nSPS) is 12.8. The molecule has 0 saturated carbocycles. The van der Waals surface area contributed by atoms with E-state index in [9.17, 15) is 4.39 Å². The molecule has 0 saturated heterocycles. The zero-order valence-corrected chi connectivity index (χ0v) is 34.2. The maximum atomic E-state index is 13.8. The van der Waals surface area contributed by atoms with E-state index in [0.717, 1.165) is 56.1 Å². The average molecular weight is 896 g/mol. The van der Waals surface area contributed by atoms with Crippen LogP contribution in [0.2, 0.25) is 0 Å². The molecule has 0 N–H and O–H groups in total. The largest absolute Gasteiger partial charge is 0.501 e. The number of pyridine rings is 2. The molecule has 0 atom stereocenters. The second-order valence-electron chi connectivity index (χ2n) is 15.2. The number of furan rings is 1. The van der Waals surface area contributed by atoms with Gasteiger partial charge in [-0.15, -0.1) is 42.0 Å². The summed E-state index contributed by atoms with van der Waals surface area (Å²) < 4.78 is 44.3. The van der Waals surface area contributed by atoms with Crippen LogP contribution in [0.3, 0.4) is 0 Å². The van der Waals surface area contributed by atoms with Gasteiger partial charge < -0.3 is 14.0 Å². The summed E-state index contributed by atoms with van der Waals surface area (Å²) in [5.41, 5.74) is 10.7. The summed E-state index contributed by atoms with van der Waals surface area (Å²) in [6.45, 7) is 15.4. The van der Waals surface area contributed by atoms with Crippen LogP contribution < -0.4 is 0 Å². The molecule has 0 unspecified atom stereocenters. The Kier molecular flexibility index (Phi) is 9.92. The summed E-state index contributed by atoms with van der Waals surface area (Å²) in [7, 11) is 0. The number of hydrogen-bond donors (Lipinski definition) is 0. The van der Waals surface area contributed by atoms with Crippen LogP contribution in [0.4, 0.5) is 4.39 Å². The predicted octanol–water partition coefficient (Wildman–Crippen LogP) is 12.6. The Bertz CT molecular complexity index is 2680. The van der Waals surface area contributed by atoms with Crippen LogP contribution in [0.25, 0.3) is 61.4 Å². The number of benzene rings is 4. The summed E-state index contributed by atoms with van der Waals surface area (Å²) in [5.74, 6) is 0.841. The smallest absolute Gasteiger partial charge is 0.168 e. The van der Waals surface area contributed by atoms with Gasteiger partial charge in [-0.25, -0.2) is 4.98 Å². The van der Waals surface area contributed by atoms with Crippen molar-refractivity contribution in [3.05, 3.63) is 143 Å². The van der Waals surface area contributed by atoms with Gasteiger partial charge in [-0.3, -0.25) is 9.37 Å². The number of hydrogen-bond acceptors (Lipinski definition) is 4. The minimum atomic E-state index is -2.32. The van der Waals surface area contributed by atoms with Crippen LogP contribution in [-0.2, 0) is 25.5 Å². The van der Waals surface area contributed by atoms with Gasteiger partial charge in [0.05, 0.1) is 16.9 Å². The molecule has 8 rings (SSSR count). The molecule has 1 radical (unpaired) electrons. The summed E-state index contributed by atoms with van der Waals surface area (Å²) in [6, 6.07) is 33.0. The fourth-order valence-corrected chi connectivity index (χ4v) is 6.90. The van der Waals surface area contributed by atoms with Crippen LogP contribution in [0.15, 0.2) is 102 Å². The molecular weight excluding hydrogens is 848 g/mol. The van der Waals surface area contributed by atoms with E-state index < -0.39 is 12.7 Å². The van der Waals surface area contributed by atoms with E-state index in [4.69, 9.17) is 18.5 Å². The van der Waals surface area contributed by atoms with E-state index in [0.29, 0.717) is 17.5 Å². The Balaban J connectivity index is 0.000000244. The van der Waals surface area contributed by atoms with Gasteiger partial charge in [0.25, 0.3) is 0 Å². The van der Waals surface area contributed by atoms with Gasteiger partial charge >= 0.3 is 0 Å². The first-order valence-corrected chi connectivity index (χ1v) is 18.0. The number of fused-ring (bicyclic) bond motifs is 4. The molecule has 0 bridgehead atoms. The van der Waals surface area contributed by atoms with E-state index in [1.807, 2.05) is 37.4 Å². The number of aryl methyl sites for hydroxylation is 2. The Hall–Kier alpha value is -4.97. The Labute approximate surface area is 335 Å². The van der Waals surface area contributed by atoms with E-state index >= 15 is 0 Å². The standard InChI is InChI=1S/C34H34N3O.C13H11FN.Ir/c1-20(2)22-13-10-14-23(21(3)4)29(22)37-30-27(34(5,6)7)18-19-35-32(30)36-33(37)26-16-11-15-25-24-12-8-9-17-28(24)38-31(25)26;1-9-3-5-11(12(14)7-9)13-6-4-10(2)8-15-13;/h8-15,17-21H,1-7H3;3-4,6-8H,1-2H3;/q2*-1;/i;1D3;. The third-order valence-electron chi connectivity index (χ3n) is 9.55. The number of imidazole rings is 1. The molecule has 0 aliphatic heterocycles. The minimum Gasteiger partial charge on any atom is -0.501 e. The van der Waals surface area contributed by atoms with Crippen molar-refractivity contribution in [3.8, 4) is 28.3 Å². The molecule has 7 heteroatoms. The Morgan fingerprint density at radius 3 is 2.22 bits per heavy atom. The number of aromatic nitrogens is 4. The summed E-state index contributed by atoms with van der Waals surface area (Å²) in [5, 5.41) is 2.16. The molecule has 4 aromatic heterocycles. The van der Waals surface area contributed by atoms with Gasteiger partial charge in [0.1, 0.15) is 5.58 Å². The van der Waals surface area contributed by atoms with Gasteiger partial charge in [-0.05, 0) is 64.3 Å². The van der Waals surface area contributed by atoms with Crippen LogP contribution in [0, 0.1) is 31.7 Å². The number of halogens is 1. The number of nitrogens with zero attached hydrogens (tertiary/aromatic N) is 4. The van der Waals surface area contributed by atoms with Crippen molar-refractivity contribution < 1.29 is 33.0 Å². The van der Waals surface area contributed by atoms with Crippen molar-refractivity contribution in [2.45, 2.75) is 79.5 Å². The van der Waals surface area contributed by atoms with E-state index in [1.54, 1.807) is 12.3 Å². The molecule has 5 nitrogen and oxygen atoms in total. The van der Waals surface area contributed by atoms with Crippen molar-refractivity contribution in [3.63, 3.8) is 0 Å². The second-order valence-corrected chi connectivity index (χ2v) is 15.2. The van der Waals surface area contributed by atoms with Crippen molar-refractivity contribution in [1.29, 1.82) is 0 Å². The van der Waals surface area contributed by atoms with Crippen LogP contribution in [0.5, 0.6) is 0 Å². The maximum Gasteiger partial charge on any atom is 0.168 e. The zero-order chi connectivity index (χ0) is 40.1. The van der Waals surface area contributed by atoms with Gasteiger partial charge in [-0.2, -0.15) is 0 Å². The third-order valence-corrected chi connectivity index (χ3v) is 9.55. The SMILES string of the molecule is CC(C)c1cccc(C(C)C)c1-n1c(-c2[c-]ccc3c2oc2ccccc23)nc2nccc(C(C)(C)C)c21.[2H]C([2H])([2H])c1c[c-]c(-c2ccc(C)cn2)c(F)c1.[Ir]. The quantitative estimate of drug-likeness (QED) is 0.162. The minimum absolute atomic E-state index is 0. The molecular formula is C47H45FIrN4O-2. The molecule has 0 spiro atoms. The van der Waals surface area contributed by atoms with Gasteiger partial charge in [0, 0.05) is 53.5 Å². The Morgan fingerprint density at radius 2 is 1.57 bits per heavy atom. The summed E-state index contributed by atoms with van der Waals surface area (Å²) >= 11 is 0. The van der Waals surface area contributed by atoms with Crippen molar-refractivity contribution in [2.75, 3.05) is 0 Å². The van der Waals surface area contributed by atoms with Crippen LogP contribution in [0.1, 0.15) is 92.2 Å². The topological polar surface area (TPSA) is 56.7 Å². The first-order valence-electron chi connectivity index (χ1n) is 19.5. The summed E-state index contributed by atoms with van der Waals surface area (Å²) in [4.78, 5) is 14.1. The van der Waals surface area contributed by atoms with Crippen molar-refractivity contribution >= 4 is 33.1 Å². The van der Waals surface area contributed by atoms with Gasteiger partial charge in [-0.1, -0.05) is 120 Å². The molecule has 4 heterocycles. The molecule has 4 aromatic carbocycles. The van der Waals surface area contributed by atoms with E-state index in [1.165, 1.54) is 28.4 Å². The average Bonchev–Trinajstić information content (AvgIpc) is 3.73. The fourth-order valence-electron chi connectivity index (χ4n) is 6.90. The maximum absolute atomic E-state index is 13.8. The molecule has 0 fully saturated rings. The first-order chi connectivity index (χ1) is 26.5. The fraction of sp³-hybridized carbons (Fsp3) is 0.255. The number of rotatable bonds is 5. The zero-order valence-electron chi connectivity index (χ0n) is 34.8. The molecule has 8 aromatic rings. The molecule has 0 aliphatic rings. The molecule has 277 valence electrons. The second kappa shape index (κ2) is 15.4. The number of para-hydroxylation sites is 2. The van der Waals surface area contributed by atoms with Crippen LogP contribution >= 0.6 is 0 Å². The summed E-state index contributed by atoms with van der Waals surface area (Å²) in [6.07, 6.45) is 3.51. The van der Waals surface area contributed by atoms with Crippen molar-refractivity contribution in [1.82, 2.24) is 19.5 Å². The Morgan fingerprint density at radius 1 is 0.833 bits per heavy atom. The third kappa shape index (κ3) is 7.28.